The second-order valence-corrected chi connectivity index (χ2v) is 10.5. The van der Waals surface area contributed by atoms with Crippen LogP contribution in [-0.4, -0.2) is 9.97 Å². The van der Waals surface area contributed by atoms with Gasteiger partial charge in [0.15, 0.2) is 5.82 Å². The van der Waals surface area contributed by atoms with E-state index >= 15 is 0 Å². The fourth-order valence-electron chi connectivity index (χ4n) is 4.62. The highest BCUT2D eigenvalue weighted by Crippen LogP contribution is 2.30. The summed E-state index contributed by atoms with van der Waals surface area (Å²) in [6, 6.07) is 39.9. The molecule has 5 aromatic rings. The Morgan fingerprint density at radius 3 is 1.42 bits per heavy atom. The zero-order chi connectivity index (χ0) is 30.2. The summed E-state index contributed by atoms with van der Waals surface area (Å²) in [5, 5.41) is 0. The summed E-state index contributed by atoms with van der Waals surface area (Å²) < 4.78 is 0. The van der Waals surface area contributed by atoms with E-state index in [-0.39, 0.29) is 0 Å². The first kappa shape index (κ1) is 29.0. The third kappa shape index (κ3) is 7.41. The lowest BCUT2D eigenvalue weighted by Gasteiger charge is -2.11. The van der Waals surface area contributed by atoms with E-state index in [1.807, 2.05) is 44.2 Å². The molecule has 5 rings (SSSR count). The number of aromatic nitrogens is 2. The second-order valence-electron chi connectivity index (χ2n) is 10.5. The second kappa shape index (κ2) is 13.4. The molecule has 2 N–H and O–H groups in total. The highest BCUT2D eigenvalue weighted by atomic mass is 14.9. The monoisotopic (exact) mass is 557 g/mol. The highest BCUT2D eigenvalue weighted by molar-refractivity contribution is 5.75. The number of benzene rings is 4. The summed E-state index contributed by atoms with van der Waals surface area (Å²) in [4.78, 5) is 10.0. The Balaban J connectivity index is 1.53. The van der Waals surface area contributed by atoms with E-state index < -0.39 is 0 Å². The first-order valence-electron chi connectivity index (χ1n) is 14.3. The molecule has 0 amide bonds. The van der Waals surface area contributed by atoms with Crippen LogP contribution < -0.4 is 5.73 Å². The fraction of sp³-hybridized carbons (Fsp3) is 0.0500. The molecule has 43 heavy (non-hydrogen) atoms. The summed E-state index contributed by atoms with van der Waals surface area (Å²) >= 11 is 0. The quantitative estimate of drug-likeness (QED) is 0.183. The van der Waals surface area contributed by atoms with Crippen molar-refractivity contribution in [2.45, 2.75) is 13.8 Å². The lowest BCUT2D eigenvalue weighted by molar-refractivity contribution is 1.12. The average Bonchev–Trinajstić information content (AvgIpc) is 3.06. The van der Waals surface area contributed by atoms with E-state index in [1.165, 1.54) is 22.3 Å². The zero-order valence-corrected chi connectivity index (χ0v) is 24.7. The third-order valence-electron chi connectivity index (χ3n) is 7.24. The van der Waals surface area contributed by atoms with Crippen LogP contribution in [0.15, 0.2) is 170 Å². The Labute approximate surface area is 254 Å². The predicted octanol–water partition coefficient (Wildman–Crippen LogP) is 10.1. The van der Waals surface area contributed by atoms with Crippen LogP contribution in [0.25, 0.3) is 50.3 Å². The molecule has 0 aliphatic heterocycles. The minimum Gasteiger partial charge on any atom is -0.399 e. The topological polar surface area (TPSA) is 51.8 Å². The molecule has 0 radical (unpaired) electrons. The number of hydrogen-bond acceptors (Lipinski definition) is 3. The fourth-order valence-corrected chi connectivity index (χ4v) is 4.62. The first-order chi connectivity index (χ1) is 20.9. The highest BCUT2D eigenvalue weighted by Gasteiger charge is 2.11. The maximum Gasteiger partial charge on any atom is 0.156 e. The van der Waals surface area contributed by atoms with Gasteiger partial charge in [0.2, 0.25) is 0 Å². The van der Waals surface area contributed by atoms with Crippen LogP contribution in [0.2, 0.25) is 0 Å². The van der Waals surface area contributed by atoms with Crippen molar-refractivity contribution in [3.8, 4) is 44.8 Å². The van der Waals surface area contributed by atoms with Gasteiger partial charge in [0.25, 0.3) is 0 Å². The lowest BCUT2D eigenvalue weighted by atomic mass is 10.0. The molecule has 0 atom stereocenters. The number of nitrogens with two attached hydrogens (primary N) is 1. The van der Waals surface area contributed by atoms with Gasteiger partial charge in [-0.3, -0.25) is 0 Å². The van der Waals surface area contributed by atoms with Gasteiger partial charge in [0, 0.05) is 16.8 Å². The van der Waals surface area contributed by atoms with Gasteiger partial charge < -0.3 is 5.73 Å². The molecule has 4 aromatic carbocycles. The predicted molar refractivity (Wildman–Crippen MR) is 183 cm³/mol. The van der Waals surface area contributed by atoms with Gasteiger partial charge in [-0.2, -0.15) is 0 Å². The molecule has 0 aliphatic carbocycles. The van der Waals surface area contributed by atoms with Crippen molar-refractivity contribution >= 4 is 5.57 Å². The summed E-state index contributed by atoms with van der Waals surface area (Å²) in [5.41, 5.74) is 17.5. The van der Waals surface area contributed by atoms with Gasteiger partial charge >= 0.3 is 0 Å². The van der Waals surface area contributed by atoms with Crippen molar-refractivity contribution in [2.24, 2.45) is 5.73 Å². The normalized spacial score (nSPS) is 12.0. The minimum absolute atomic E-state index is 0.493. The summed E-state index contributed by atoms with van der Waals surface area (Å²) in [5.74, 6) is 0.673. The average molecular weight is 558 g/mol. The van der Waals surface area contributed by atoms with Crippen molar-refractivity contribution in [1.82, 2.24) is 9.97 Å². The van der Waals surface area contributed by atoms with E-state index in [4.69, 9.17) is 15.7 Å². The van der Waals surface area contributed by atoms with Gasteiger partial charge in [0.05, 0.1) is 11.4 Å². The molecular formula is C40H35N3. The number of rotatable bonds is 9. The van der Waals surface area contributed by atoms with Crippen LogP contribution in [0.4, 0.5) is 0 Å². The maximum atomic E-state index is 5.67. The molecule has 210 valence electrons. The van der Waals surface area contributed by atoms with Gasteiger partial charge in [-0.25, -0.2) is 9.97 Å². The lowest BCUT2D eigenvalue weighted by Crippen LogP contribution is -1.98. The van der Waals surface area contributed by atoms with E-state index in [2.05, 4.69) is 116 Å². The number of allylic oxidation sites excluding steroid dienone is 7. The van der Waals surface area contributed by atoms with Gasteiger partial charge in [-0.05, 0) is 65.0 Å². The van der Waals surface area contributed by atoms with Gasteiger partial charge in [0.1, 0.15) is 0 Å². The van der Waals surface area contributed by atoms with Crippen LogP contribution in [-0.2, 0) is 0 Å². The zero-order valence-electron chi connectivity index (χ0n) is 24.7. The van der Waals surface area contributed by atoms with Crippen LogP contribution in [0.3, 0.4) is 0 Å². The Kier molecular flexibility index (Phi) is 9.04. The molecule has 0 aliphatic rings. The molecule has 0 spiro atoms. The standard InChI is InChI=1S/C40H35N3/c1-28(29(2)17-18-31(4)41)15-16-30(3)40-42-38(36-23-19-34(20-24-36)32-11-7-5-8-12-32)27-39(43-40)37-25-21-35(22-26-37)33-13-9-6-10-14-33/h5-27H,2,4,41H2,1,3H3/b18-17-,28-15+,30-16+. The molecule has 1 aromatic heterocycles. The molecule has 0 bridgehead atoms. The molecule has 0 unspecified atom stereocenters. The van der Waals surface area contributed by atoms with Crippen molar-refractivity contribution in [1.29, 1.82) is 0 Å². The molecule has 0 saturated carbocycles. The number of nitrogens with zero attached hydrogens (tertiary/aromatic N) is 2. The third-order valence-corrected chi connectivity index (χ3v) is 7.24. The van der Waals surface area contributed by atoms with Crippen molar-refractivity contribution in [3.05, 3.63) is 175 Å². The largest absolute Gasteiger partial charge is 0.399 e. The summed E-state index contributed by atoms with van der Waals surface area (Å²) in [7, 11) is 0. The van der Waals surface area contributed by atoms with Gasteiger partial charge in [-0.1, -0.05) is 141 Å². The molecule has 3 heteroatoms. The molecule has 0 saturated heterocycles. The number of hydrogen-bond donors (Lipinski definition) is 1. The van der Waals surface area contributed by atoms with Crippen LogP contribution in [0, 0.1) is 0 Å². The van der Waals surface area contributed by atoms with Crippen LogP contribution in [0.5, 0.6) is 0 Å². The van der Waals surface area contributed by atoms with Crippen LogP contribution in [0.1, 0.15) is 19.7 Å². The van der Waals surface area contributed by atoms with E-state index in [0.717, 1.165) is 39.2 Å². The SMILES string of the molecule is C=C(N)/C=C\C(=C)/C(C)=C/C=C(\C)c1nc(-c2ccc(-c3ccccc3)cc2)cc(-c2ccc(-c3ccccc3)cc2)n1. The van der Waals surface area contributed by atoms with E-state index in [9.17, 15) is 0 Å². The van der Waals surface area contributed by atoms with Crippen LogP contribution >= 0.6 is 0 Å². The first-order valence-corrected chi connectivity index (χ1v) is 14.3. The molecule has 1 heterocycles. The van der Waals surface area contributed by atoms with Crippen molar-refractivity contribution < 1.29 is 0 Å². The Morgan fingerprint density at radius 2 is 0.977 bits per heavy atom. The van der Waals surface area contributed by atoms with E-state index in [0.29, 0.717) is 11.5 Å². The Hall–Kier alpha value is -5.54. The maximum absolute atomic E-state index is 5.67. The van der Waals surface area contributed by atoms with Crippen molar-refractivity contribution in [2.75, 3.05) is 0 Å². The Morgan fingerprint density at radius 1 is 0.558 bits per heavy atom. The molecule has 0 fully saturated rings. The summed E-state index contributed by atoms with van der Waals surface area (Å²) in [6.07, 6.45) is 7.68. The van der Waals surface area contributed by atoms with Gasteiger partial charge in [-0.15, -0.1) is 0 Å². The summed E-state index contributed by atoms with van der Waals surface area (Å²) in [6.45, 7) is 11.9. The van der Waals surface area contributed by atoms with E-state index in [1.54, 1.807) is 6.08 Å². The smallest absolute Gasteiger partial charge is 0.156 e. The minimum atomic E-state index is 0.493. The molecule has 3 nitrogen and oxygen atoms in total. The van der Waals surface area contributed by atoms with Crippen molar-refractivity contribution in [3.63, 3.8) is 0 Å². The Bertz CT molecular complexity index is 1720. The molecular weight excluding hydrogens is 522 g/mol.